The van der Waals surface area contributed by atoms with Gasteiger partial charge in [-0.15, -0.1) is 0 Å². The van der Waals surface area contributed by atoms with Crippen molar-refractivity contribution in [1.82, 2.24) is 88.0 Å². The monoisotopic (exact) mass is 1710 g/mol. The van der Waals surface area contributed by atoms with E-state index in [1.807, 2.05) is 92.7 Å². The maximum Gasteiger partial charge on any atom is 0.269 e. The highest BCUT2D eigenvalue weighted by Gasteiger charge is 2.28. The zero-order valence-electron chi connectivity index (χ0n) is 64.4. The molecule has 0 unspecified atom stereocenters. The standard InChI is InChI=1S/C21H14ClF2N7O.2C21H16ClN7O.C21H15F2N7O/c1-10(29-19-14(8-25)18(26)27-9-28-19)20-30-16-4-2-3-15(22)17(16)21(32)31(20)13-6-11(23)5-12(24)7-13;1-12(27-19-17-18(24-10-23-17)25-11-26-19)20-28-15-9-5-8-14(22)16(15)21(30)29(20)13-6-3-2-4-7-13;1-12(27-19-14(10-23)18(24)25-11-26-19)20-28-16-9-5-8-15(22)17(16)21(30)29(20)13-6-3-2-4-7-13;1-11(28-19-14(9-24)18(25)26-10-27-19)20-29-16-7-3-6-15(23)17(16)21(31)30(20)13-5-2-4-12(22)8-13/h2-7,9-10H,1H3,(H3,26,27,28,29);2-12H,1H3,(H2,23,24,25,26,27);2-9,11-12H,1H3,(H3,24,25,26,27);2-8,10-11H,1H3,(H3,25,26,27,28)/t10-;2*12-;11-/m0000/s1. The number of benzene rings is 8. The predicted molar refractivity (Wildman–Crippen MR) is 458 cm³/mol. The van der Waals surface area contributed by atoms with Gasteiger partial charge in [0.25, 0.3) is 22.2 Å². The number of nitrogens with two attached hydrogens (primary N) is 3. The van der Waals surface area contributed by atoms with Gasteiger partial charge in [0, 0.05) is 6.07 Å². The van der Waals surface area contributed by atoms with E-state index < -0.39 is 52.5 Å². The van der Waals surface area contributed by atoms with Crippen LogP contribution in [0.4, 0.5) is 58.3 Å². The lowest BCUT2D eigenvalue weighted by atomic mass is 10.2. The summed E-state index contributed by atoms with van der Waals surface area (Å²) in [4.78, 5) is 111. The van der Waals surface area contributed by atoms with Gasteiger partial charge in [-0.3, -0.25) is 37.4 Å². The summed E-state index contributed by atoms with van der Waals surface area (Å²) < 4.78 is 61.6. The lowest BCUT2D eigenvalue weighted by Crippen LogP contribution is -2.28. The quantitative estimate of drug-likeness (QED) is 0.0416. The van der Waals surface area contributed by atoms with Crippen LogP contribution in [-0.2, 0) is 0 Å². The van der Waals surface area contributed by atoms with Gasteiger partial charge < -0.3 is 43.5 Å². The molecule has 8 aromatic carbocycles. The fraction of sp³-hybridized carbons (Fsp3) is 0.0952. The smallest absolute Gasteiger partial charge is 0.269 e. The Balaban J connectivity index is 0.000000134. The fourth-order valence-corrected chi connectivity index (χ4v) is 14.0. The van der Waals surface area contributed by atoms with Crippen LogP contribution in [0.3, 0.4) is 0 Å². The molecule has 0 bridgehead atoms. The minimum atomic E-state index is -0.868. The number of anilines is 7. The van der Waals surface area contributed by atoms with Gasteiger partial charge in [-0.1, -0.05) is 102 Å². The number of rotatable bonds is 16. The number of imidazole rings is 1. The number of nitrogen functional groups attached to an aromatic ring is 3. The molecular formula is C84H61Cl3F4N28O4. The van der Waals surface area contributed by atoms with Crippen molar-refractivity contribution in [3.63, 3.8) is 0 Å². The molecule has 17 rings (SSSR count). The molecule has 32 nitrogen and oxygen atoms in total. The number of halogens is 7. The Bertz CT molecular complexity index is 7370. The van der Waals surface area contributed by atoms with E-state index in [1.165, 1.54) is 66.3 Å². The Morgan fingerprint density at radius 1 is 0.366 bits per heavy atom. The molecule has 4 atom stereocenters. The van der Waals surface area contributed by atoms with Crippen LogP contribution in [-0.4, -0.2) is 88.0 Å². The minimum Gasteiger partial charge on any atom is -0.382 e. The van der Waals surface area contributed by atoms with Gasteiger partial charge in [0.15, 0.2) is 11.5 Å². The number of H-pyrrole nitrogens is 1. The third kappa shape index (κ3) is 17.1. The second kappa shape index (κ2) is 35.9. The van der Waals surface area contributed by atoms with E-state index in [0.29, 0.717) is 83.4 Å². The molecule has 610 valence electrons. The molecule has 0 amide bonds. The Morgan fingerprint density at radius 2 is 0.691 bits per heavy atom. The number of fused-ring (bicyclic) bond motifs is 5. The minimum absolute atomic E-state index is 0.00822. The molecule has 0 aliphatic rings. The van der Waals surface area contributed by atoms with Crippen LogP contribution in [0.1, 0.15) is 91.9 Å². The number of aromatic nitrogens is 18. The van der Waals surface area contributed by atoms with E-state index in [0.717, 1.165) is 33.4 Å². The molecule has 0 saturated heterocycles. The Kier molecular flexibility index (Phi) is 24.3. The first-order valence-corrected chi connectivity index (χ1v) is 37.9. The second-order valence-electron chi connectivity index (χ2n) is 26.8. The summed E-state index contributed by atoms with van der Waals surface area (Å²) in [5.74, 6) is -0.679. The van der Waals surface area contributed by atoms with Crippen molar-refractivity contribution in [3.8, 4) is 41.0 Å². The molecule has 17 aromatic rings. The van der Waals surface area contributed by atoms with Crippen LogP contribution in [0.15, 0.2) is 227 Å². The lowest BCUT2D eigenvalue weighted by Gasteiger charge is -2.21. The fourth-order valence-electron chi connectivity index (χ4n) is 13.2. The average Bonchev–Trinajstić information content (AvgIpc) is 0.987. The first-order valence-electron chi connectivity index (χ1n) is 36.7. The first kappa shape index (κ1) is 83.3. The molecule has 0 saturated carbocycles. The van der Waals surface area contributed by atoms with Crippen LogP contribution in [0.2, 0.25) is 15.1 Å². The lowest BCUT2D eigenvalue weighted by molar-refractivity contribution is 0.579. The maximum absolute atomic E-state index is 14.4. The van der Waals surface area contributed by atoms with E-state index in [-0.39, 0.29) is 113 Å². The molecule has 0 spiro atoms. The van der Waals surface area contributed by atoms with Gasteiger partial charge in [-0.25, -0.2) is 82.4 Å². The van der Waals surface area contributed by atoms with Crippen LogP contribution in [0.25, 0.3) is 77.5 Å². The zero-order valence-corrected chi connectivity index (χ0v) is 66.7. The van der Waals surface area contributed by atoms with Crippen molar-refractivity contribution < 1.29 is 17.6 Å². The third-order valence-electron chi connectivity index (χ3n) is 18.8. The van der Waals surface area contributed by atoms with E-state index in [2.05, 4.69) is 81.1 Å². The number of nitrogens with zero attached hydrogens (tertiary/aromatic N) is 20. The highest BCUT2D eigenvalue weighted by atomic mass is 35.5. The molecule has 0 aliphatic carbocycles. The molecule has 9 aromatic heterocycles. The molecule has 0 radical (unpaired) electrons. The summed E-state index contributed by atoms with van der Waals surface area (Å²) in [5.41, 5.74) is 19.7. The van der Waals surface area contributed by atoms with Crippen molar-refractivity contribution in [2.45, 2.75) is 51.9 Å². The largest absolute Gasteiger partial charge is 0.382 e. The Hall–Kier alpha value is -16.2. The number of aromatic amines is 1. The van der Waals surface area contributed by atoms with Crippen LogP contribution in [0, 0.1) is 57.3 Å². The summed E-state index contributed by atoms with van der Waals surface area (Å²) in [5, 5.41) is 42.0. The van der Waals surface area contributed by atoms with E-state index in [9.17, 15) is 52.5 Å². The number of hydrogen-bond acceptors (Lipinski definition) is 27. The summed E-state index contributed by atoms with van der Waals surface area (Å²) in [6.07, 6.45) is 6.63. The molecule has 0 aliphatic heterocycles. The van der Waals surface area contributed by atoms with E-state index >= 15 is 0 Å². The average molecular weight is 1710 g/mol. The Labute approximate surface area is 706 Å². The van der Waals surface area contributed by atoms with Gasteiger partial charge in [-0.05, 0) is 131 Å². The summed E-state index contributed by atoms with van der Waals surface area (Å²) >= 11 is 18.9. The Morgan fingerprint density at radius 3 is 1.09 bits per heavy atom. The number of nitrogens with one attached hydrogen (secondary N) is 5. The molecule has 123 heavy (non-hydrogen) atoms. The molecule has 39 heteroatoms. The summed E-state index contributed by atoms with van der Waals surface area (Å²) in [6, 6.07) is 49.3. The molecule has 0 fully saturated rings. The maximum atomic E-state index is 14.4. The highest BCUT2D eigenvalue weighted by molar-refractivity contribution is 6.36. The van der Waals surface area contributed by atoms with Crippen molar-refractivity contribution in [2.75, 3.05) is 38.5 Å². The molecule has 11 N–H and O–H groups in total. The van der Waals surface area contributed by atoms with Crippen molar-refractivity contribution in [3.05, 3.63) is 327 Å². The number of hydrogen-bond donors (Lipinski definition) is 8. The van der Waals surface area contributed by atoms with Crippen molar-refractivity contribution >= 4 is 130 Å². The van der Waals surface area contributed by atoms with E-state index in [4.69, 9.17) is 62.0 Å². The SMILES string of the molecule is C[C@H](Nc1ncnc(N)c1C#N)c1nc2cccc(Cl)c2c(=O)n1-c1cc(F)cc(F)c1.C[C@H](Nc1ncnc(N)c1C#N)c1nc2cccc(Cl)c2c(=O)n1-c1ccccc1.C[C@H](Nc1ncnc(N)c1C#N)c1nc2cccc(F)c2c(=O)n1-c1cccc(F)c1.C[C@H](Nc1ncnc2nc[nH]c12)c1nc2cccc(Cl)c2c(=O)n1-c1ccccc1. The third-order valence-corrected chi connectivity index (χ3v) is 19.8. The van der Waals surface area contributed by atoms with Gasteiger partial charge in [0.2, 0.25) is 0 Å². The van der Waals surface area contributed by atoms with Crippen LogP contribution in [0.5, 0.6) is 0 Å². The zero-order chi connectivity index (χ0) is 87.0. The van der Waals surface area contributed by atoms with Crippen molar-refractivity contribution in [1.29, 1.82) is 15.8 Å². The highest BCUT2D eigenvalue weighted by Crippen LogP contribution is 2.33. The van der Waals surface area contributed by atoms with E-state index in [1.54, 1.807) is 73.3 Å². The normalized spacial score (nSPS) is 11.9. The number of nitriles is 3. The topological polar surface area (TPSA) is 469 Å². The molecule has 9 heterocycles. The molecular weight excluding hydrogens is 1650 g/mol. The first-order chi connectivity index (χ1) is 59.3. The van der Waals surface area contributed by atoms with Crippen molar-refractivity contribution in [2.24, 2.45) is 0 Å². The van der Waals surface area contributed by atoms with Gasteiger partial charge in [0.05, 0.1) is 107 Å². The van der Waals surface area contributed by atoms with Crippen LogP contribution < -0.4 is 60.7 Å². The van der Waals surface area contributed by atoms with Gasteiger partial charge in [0.1, 0.15) is 153 Å². The predicted octanol–water partition coefficient (Wildman–Crippen LogP) is 14.1. The van der Waals surface area contributed by atoms with Gasteiger partial charge in [-0.2, -0.15) is 15.8 Å². The summed E-state index contributed by atoms with van der Waals surface area (Å²) in [6.45, 7) is 7.05. The van der Waals surface area contributed by atoms with Crippen LogP contribution >= 0.6 is 34.8 Å². The number of para-hydroxylation sites is 2. The second-order valence-corrected chi connectivity index (χ2v) is 28.0. The summed E-state index contributed by atoms with van der Waals surface area (Å²) in [7, 11) is 0. The van der Waals surface area contributed by atoms with Gasteiger partial charge >= 0.3 is 0 Å².